The highest BCUT2D eigenvalue weighted by Gasteiger charge is 2.27. The zero-order valence-corrected chi connectivity index (χ0v) is 9.82. The molecule has 84 valence electrons. The zero-order chi connectivity index (χ0) is 11.1. The van der Waals surface area contributed by atoms with Crippen molar-refractivity contribution in [1.82, 2.24) is 14.8 Å². The van der Waals surface area contributed by atoms with Crippen LogP contribution >= 0.6 is 0 Å². The molecule has 0 saturated heterocycles. The summed E-state index contributed by atoms with van der Waals surface area (Å²) < 4.78 is 2.27. The van der Waals surface area contributed by atoms with Crippen molar-refractivity contribution >= 4 is 0 Å². The van der Waals surface area contributed by atoms with E-state index in [2.05, 4.69) is 35.5 Å². The summed E-state index contributed by atoms with van der Waals surface area (Å²) in [6.07, 6.45) is 2.14. The molecule has 1 aliphatic heterocycles. The largest absolute Gasteiger partial charge is 0.330 e. The Kier molecular flexibility index (Phi) is 2.54. The number of rotatable bonds is 1. The lowest BCUT2D eigenvalue weighted by Gasteiger charge is -2.25. The molecule has 0 aliphatic carbocycles. The smallest absolute Gasteiger partial charge is 0.138 e. The average molecular weight is 208 g/mol. The SMILES string of the molecule is CC(C)(C)c1nnc2n1CCC(CN)C2. The van der Waals surface area contributed by atoms with Gasteiger partial charge in [-0.1, -0.05) is 20.8 Å². The Labute approximate surface area is 90.9 Å². The maximum Gasteiger partial charge on any atom is 0.138 e. The van der Waals surface area contributed by atoms with E-state index in [9.17, 15) is 0 Å². The Morgan fingerprint density at radius 2 is 2.13 bits per heavy atom. The third-order valence-corrected chi connectivity index (χ3v) is 3.06. The van der Waals surface area contributed by atoms with Crippen LogP contribution in [0.1, 0.15) is 38.8 Å². The molecular formula is C11H20N4. The molecule has 4 nitrogen and oxygen atoms in total. The van der Waals surface area contributed by atoms with Crippen LogP contribution < -0.4 is 5.73 Å². The maximum atomic E-state index is 5.70. The number of aromatic nitrogens is 3. The van der Waals surface area contributed by atoms with E-state index < -0.39 is 0 Å². The van der Waals surface area contributed by atoms with Gasteiger partial charge in [0.05, 0.1) is 0 Å². The first-order valence-corrected chi connectivity index (χ1v) is 5.65. The monoisotopic (exact) mass is 208 g/mol. The fourth-order valence-corrected chi connectivity index (χ4v) is 2.15. The second kappa shape index (κ2) is 3.59. The summed E-state index contributed by atoms with van der Waals surface area (Å²) >= 11 is 0. The van der Waals surface area contributed by atoms with E-state index >= 15 is 0 Å². The Morgan fingerprint density at radius 3 is 2.73 bits per heavy atom. The van der Waals surface area contributed by atoms with Crippen molar-refractivity contribution in [3.05, 3.63) is 11.6 Å². The number of hydrogen-bond acceptors (Lipinski definition) is 3. The van der Waals surface area contributed by atoms with Gasteiger partial charge in [-0.25, -0.2) is 0 Å². The predicted octanol–water partition coefficient (Wildman–Crippen LogP) is 1.10. The van der Waals surface area contributed by atoms with Crippen LogP contribution in [0.5, 0.6) is 0 Å². The lowest BCUT2D eigenvalue weighted by atomic mass is 9.93. The van der Waals surface area contributed by atoms with E-state index in [0.717, 1.165) is 37.6 Å². The van der Waals surface area contributed by atoms with Crippen LogP contribution in [0.4, 0.5) is 0 Å². The first-order valence-electron chi connectivity index (χ1n) is 5.65. The minimum Gasteiger partial charge on any atom is -0.330 e. The van der Waals surface area contributed by atoms with Crippen molar-refractivity contribution in [3.8, 4) is 0 Å². The second-order valence-electron chi connectivity index (χ2n) is 5.44. The third-order valence-electron chi connectivity index (χ3n) is 3.06. The van der Waals surface area contributed by atoms with Gasteiger partial charge in [-0.15, -0.1) is 10.2 Å². The molecule has 0 radical (unpaired) electrons. The van der Waals surface area contributed by atoms with Crippen LogP contribution in [-0.2, 0) is 18.4 Å². The van der Waals surface area contributed by atoms with Gasteiger partial charge in [-0.2, -0.15) is 0 Å². The van der Waals surface area contributed by atoms with Gasteiger partial charge >= 0.3 is 0 Å². The summed E-state index contributed by atoms with van der Waals surface area (Å²) in [5, 5.41) is 8.59. The number of hydrogen-bond donors (Lipinski definition) is 1. The average Bonchev–Trinajstić information content (AvgIpc) is 2.59. The number of nitrogens with two attached hydrogens (primary N) is 1. The molecule has 0 saturated carbocycles. The Morgan fingerprint density at radius 1 is 1.40 bits per heavy atom. The minimum absolute atomic E-state index is 0.0841. The Hall–Kier alpha value is -0.900. The lowest BCUT2D eigenvalue weighted by Crippen LogP contribution is -2.28. The van der Waals surface area contributed by atoms with Gasteiger partial charge < -0.3 is 10.3 Å². The van der Waals surface area contributed by atoms with Crippen molar-refractivity contribution in [2.45, 2.75) is 45.6 Å². The highest BCUT2D eigenvalue weighted by Crippen LogP contribution is 2.26. The highest BCUT2D eigenvalue weighted by molar-refractivity contribution is 5.08. The van der Waals surface area contributed by atoms with E-state index in [-0.39, 0.29) is 5.41 Å². The van der Waals surface area contributed by atoms with E-state index in [0.29, 0.717) is 5.92 Å². The molecule has 15 heavy (non-hydrogen) atoms. The summed E-state index contributed by atoms with van der Waals surface area (Å²) in [7, 11) is 0. The van der Waals surface area contributed by atoms with E-state index in [1.54, 1.807) is 0 Å². The molecule has 1 aromatic heterocycles. The summed E-state index contributed by atoms with van der Waals surface area (Å²) in [5.41, 5.74) is 5.78. The van der Waals surface area contributed by atoms with Crippen LogP contribution in [0.2, 0.25) is 0 Å². The molecule has 1 atom stereocenters. The van der Waals surface area contributed by atoms with Crippen LogP contribution in [-0.4, -0.2) is 21.3 Å². The van der Waals surface area contributed by atoms with Crippen LogP contribution in [0.15, 0.2) is 0 Å². The normalized spacial score (nSPS) is 21.5. The van der Waals surface area contributed by atoms with Crippen LogP contribution in [0, 0.1) is 5.92 Å². The van der Waals surface area contributed by atoms with Gasteiger partial charge in [0.2, 0.25) is 0 Å². The molecule has 2 N–H and O–H groups in total. The molecule has 1 aliphatic rings. The third kappa shape index (κ3) is 1.91. The van der Waals surface area contributed by atoms with E-state index in [4.69, 9.17) is 5.73 Å². The molecule has 2 rings (SSSR count). The fourth-order valence-electron chi connectivity index (χ4n) is 2.15. The molecule has 0 bridgehead atoms. The first kappa shape index (κ1) is 10.6. The molecule has 1 aromatic rings. The van der Waals surface area contributed by atoms with Crippen LogP contribution in [0.3, 0.4) is 0 Å². The maximum absolute atomic E-state index is 5.70. The van der Waals surface area contributed by atoms with Crippen molar-refractivity contribution in [2.24, 2.45) is 11.7 Å². The predicted molar refractivity (Wildman–Crippen MR) is 59.6 cm³/mol. The molecule has 0 amide bonds. The summed E-state index contributed by atoms with van der Waals surface area (Å²) in [4.78, 5) is 0. The zero-order valence-electron chi connectivity index (χ0n) is 9.82. The first-order chi connectivity index (χ1) is 7.02. The highest BCUT2D eigenvalue weighted by atomic mass is 15.3. The summed E-state index contributed by atoms with van der Waals surface area (Å²) in [6.45, 7) is 8.33. The lowest BCUT2D eigenvalue weighted by molar-refractivity contribution is 0.370. The molecule has 4 heteroatoms. The van der Waals surface area contributed by atoms with Crippen molar-refractivity contribution in [2.75, 3.05) is 6.54 Å². The van der Waals surface area contributed by atoms with Crippen LogP contribution in [0.25, 0.3) is 0 Å². The quantitative estimate of drug-likeness (QED) is 0.751. The van der Waals surface area contributed by atoms with Crippen molar-refractivity contribution in [1.29, 1.82) is 0 Å². The molecular weight excluding hydrogens is 188 g/mol. The van der Waals surface area contributed by atoms with Gasteiger partial charge in [-0.05, 0) is 18.9 Å². The fraction of sp³-hybridized carbons (Fsp3) is 0.818. The Balaban J connectivity index is 2.30. The molecule has 2 heterocycles. The second-order valence-corrected chi connectivity index (χ2v) is 5.44. The van der Waals surface area contributed by atoms with Gasteiger partial charge in [0.25, 0.3) is 0 Å². The number of nitrogens with zero attached hydrogens (tertiary/aromatic N) is 3. The molecule has 0 aromatic carbocycles. The molecule has 0 fully saturated rings. The van der Waals surface area contributed by atoms with Gasteiger partial charge in [0.15, 0.2) is 0 Å². The van der Waals surface area contributed by atoms with Crippen molar-refractivity contribution in [3.63, 3.8) is 0 Å². The van der Waals surface area contributed by atoms with Crippen molar-refractivity contribution < 1.29 is 0 Å². The Bertz CT molecular complexity index is 348. The number of fused-ring (bicyclic) bond motifs is 1. The van der Waals surface area contributed by atoms with E-state index in [1.165, 1.54) is 0 Å². The molecule has 1 unspecified atom stereocenters. The topological polar surface area (TPSA) is 56.7 Å². The summed E-state index contributed by atoms with van der Waals surface area (Å²) in [6, 6.07) is 0. The minimum atomic E-state index is 0.0841. The summed E-state index contributed by atoms with van der Waals surface area (Å²) in [5.74, 6) is 2.81. The van der Waals surface area contributed by atoms with Gasteiger partial charge in [0, 0.05) is 18.4 Å². The van der Waals surface area contributed by atoms with E-state index in [1.807, 2.05) is 0 Å². The molecule has 0 spiro atoms. The standard InChI is InChI=1S/C11H20N4/c1-11(2,3)10-14-13-9-6-8(7-12)4-5-15(9)10/h8H,4-7,12H2,1-3H3. The van der Waals surface area contributed by atoms with Gasteiger partial charge in [0.1, 0.15) is 11.6 Å². The van der Waals surface area contributed by atoms with Gasteiger partial charge in [-0.3, -0.25) is 0 Å².